The molecule has 0 amide bonds. The molecule has 8 aromatic carbocycles. The minimum Gasteiger partial charge on any atom is -0.256 e. The van der Waals surface area contributed by atoms with Crippen LogP contribution in [-0.2, 0) is 0 Å². The molecule has 10 rings (SSSR count). The topological polar surface area (TPSA) is 38.7 Å². The van der Waals surface area contributed by atoms with E-state index in [1.165, 1.54) is 38.6 Å². The lowest BCUT2D eigenvalue weighted by Crippen LogP contribution is -1.97. The predicted octanol–water partition coefficient (Wildman–Crippen LogP) is 12.8. The zero-order chi connectivity index (χ0) is 34.4. The SMILES string of the molecule is c1ccc(-c2ccc(-c3nc4ccccc4nc3-c3ccc(-c4cccc(-c5cccc6c5ccc5cccnc56)c4)c4ccccc34)cc2)cc1. The minimum absolute atomic E-state index is 0.871. The quantitative estimate of drug-likeness (QED) is 0.172. The van der Waals surface area contributed by atoms with Crippen LogP contribution in [0.2, 0.25) is 0 Å². The monoisotopic (exact) mass is 661 g/mol. The third kappa shape index (κ3) is 5.10. The van der Waals surface area contributed by atoms with Gasteiger partial charge in [-0.15, -0.1) is 0 Å². The first-order valence-electron chi connectivity index (χ1n) is 17.6. The lowest BCUT2D eigenvalue weighted by molar-refractivity contribution is 1.30. The van der Waals surface area contributed by atoms with Crippen molar-refractivity contribution in [2.24, 2.45) is 0 Å². The summed E-state index contributed by atoms with van der Waals surface area (Å²) in [5, 5.41) is 5.82. The third-order valence-corrected chi connectivity index (χ3v) is 10.1. The second-order valence-electron chi connectivity index (χ2n) is 13.2. The zero-order valence-corrected chi connectivity index (χ0v) is 28.2. The van der Waals surface area contributed by atoms with E-state index in [1.54, 1.807) is 0 Å². The van der Waals surface area contributed by atoms with Gasteiger partial charge in [-0.2, -0.15) is 0 Å². The second kappa shape index (κ2) is 12.4. The molecule has 0 saturated carbocycles. The van der Waals surface area contributed by atoms with Gasteiger partial charge in [-0.25, -0.2) is 9.97 Å². The van der Waals surface area contributed by atoms with Crippen molar-refractivity contribution in [3.63, 3.8) is 0 Å². The minimum atomic E-state index is 0.871. The largest absolute Gasteiger partial charge is 0.256 e. The Hall–Kier alpha value is -6.97. The Morgan fingerprint density at radius 2 is 0.865 bits per heavy atom. The molecule has 0 spiro atoms. The summed E-state index contributed by atoms with van der Waals surface area (Å²) in [6.45, 7) is 0. The van der Waals surface area contributed by atoms with E-state index < -0.39 is 0 Å². The molecule has 2 aromatic heterocycles. The molecule has 10 aromatic rings. The molecule has 2 heterocycles. The highest BCUT2D eigenvalue weighted by molar-refractivity contribution is 6.11. The standard InChI is InChI=1S/C49H31N3/c1-2-11-32(12-3-1)33-22-24-35(25-23-33)48-49(52-46-21-7-6-20-45(46)51-48)44-29-28-39(40-16-4-5-17-41(40)44)37-14-8-13-36(31-37)38-18-9-19-43-42(38)27-26-34-15-10-30-50-47(34)43/h1-31H. The molecule has 0 aliphatic rings. The van der Waals surface area contributed by atoms with Gasteiger partial charge in [0.15, 0.2) is 0 Å². The van der Waals surface area contributed by atoms with Crippen LogP contribution in [0.4, 0.5) is 0 Å². The van der Waals surface area contributed by atoms with Crippen LogP contribution in [0.5, 0.6) is 0 Å². The Balaban J connectivity index is 1.12. The first kappa shape index (κ1) is 29.9. The first-order chi connectivity index (χ1) is 25.8. The molecule has 0 aliphatic carbocycles. The Morgan fingerprint density at radius 3 is 1.65 bits per heavy atom. The fourth-order valence-corrected chi connectivity index (χ4v) is 7.61. The van der Waals surface area contributed by atoms with Crippen LogP contribution in [0.3, 0.4) is 0 Å². The van der Waals surface area contributed by atoms with Crippen LogP contribution < -0.4 is 0 Å². The van der Waals surface area contributed by atoms with Gasteiger partial charge >= 0.3 is 0 Å². The maximum atomic E-state index is 5.29. The summed E-state index contributed by atoms with van der Waals surface area (Å²) in [6, 6.07) is 64.4. The number of rotatable bonds is 5. The lowest BCUT2D eigenvalue weighted by Gasteiger charge is -2.16. The van der Waals surface area contributed by atoms with E-state index in [-0.39, 0.29) is 0 Å². The number of nitrogens with zero attached hydrogens (tertiary/aromatic N) is 3. The molecule has 0 aliphatic heterocycles. The number of aromatic nitrogens is 3. The predicted molar refractivity (Wildman–Crippen MR) is 217 cm³/mol. The third-order valence-electron chi connectivity index (χ3n) is 10.1. The van der Waals surface area contributed by atoms with E-state index in [2.05, 4.69) is 146 Å². The maximum absolute atomic E-state index is 5.29. The van der Waals surface area contributed by atoms with Gasteiger partial charge in [0.1, 0.15) is 0 Å². The van der Waals surface area contributed by atoms with Gasteiger partial charge in [0.2, 0.25) is 0 Å². The van der Waals surface area contributed by atoms with Crippen LogP contribution in [0.25, 0.3) is 99.4 Å². The van der Waals surface area contributed by atoms with Crippen molar-refractivity contribution in [2.45, 2.75) is 0 Å². The molecule has 3 heteroatoms. The molecule has 0 atom stereocenters. The van der Waals surface area contributed by atoms with E-state index in [4.69, 9.17) is 15.0 Å². The highest BCUT2D eigenvalue weighted by atomic mass is 14.8. The average Bonchev–Trinajstić information content (AvgIpc) is 3.23. The summed E-state index contributed by atoms with van der Waals surface area (Å²) in [5.74, 6) is 0. The molecule has 0 radical (unpaired) electrons. The van der Waals surface area contributed by atoms with Crippen molar-refractivity contribution in [1.29, 1.82) is 0 Å². The molecule has 3 nitrogen and oxygen atoms in total. The van der Waals surface area contributed by atoms with Crippen LogP contribution in [0, 0.1) is 0 Å². The highest BCUT2D eigenvalue weighted by Gasteiger charge is 2.18. The first-order valence-corrected chi connectivity index (χ1v) is 17.6. The summed E-state index contributed by atoms with van der Waals surface area (Å²) in [4.78, 5) is 15.3. The Labute approximate surface area is 301 Å². The Bertz CT molecular complexity index is 2950. The van der Waals surface area contributed by atoms with E-state index in [9.17, 15) is 0 Å². The molecular weight excluding hydrogens is 631 g/mol. The number of pyridine rings is 1. The molecule has 242 valence electrons. The van der Waals surface area contributed by atoms with Gasteiger partial charge in [0, 0.05) is 28.1 Å². The summed E-state index contributed by atoms with van der Waals surface area (Å²) in [6.07, 6.45) is 1.87. The van der Waals surface area contributed by atoms with Gasteiger partial charge < -0.3 is 0 Å². The average molecular weight is 662 g/mol. The number of hydrogen-bond acceptors (Lipinski definition) is 3. The summed E-state index contributed by atoms with van der Waals surface area (Å²) < 4.78 is 0. The van der Waals surface area contributed by atoms with Crippen molar-refractivity contribution in [3.8, 4) is 55.9 Å². The van der Waals surface area contributed by atoms with E-state index in [0.29, 0.717) is 0 Å². The number of hydrogen-bond donors (Lipinski definition) is 0. The molecule has 0 unspecified atom stereocenters. The van der Waals surface area contributed by atoms with Gasteiger partial charge in [-0.05, 0) is 73.8 Å². The summed E-state index contributed by atoms with van der Waals surface area (Å²) in [5.41, 5.74) is 13.7. The fraction of sp³-hybridized carbons (Fsp3) is 0. The van der Waals surface area contributed by atoms with Gasteiger partial charge in [0.05, 0.1) is 27.9 Å². The molecule has 0 bridgehead atoms. The van der Waals surface area contributed by atoms with Crippen LogP contribution in [0.1, 0.15) is 0 Å². The lowest BCUT2D eigenvalue weighted by atomic mass is 9.90. The van der Waals surface area contributed by atoms with E-state index in [1.807, 2.05) is 42.6 Å². The molecule has 52 heavy (non-hydrogen) atoms. The Kier molecular flexibility index (Phi) is 7.14. The molecule has 0 fully saturated rings. The summed E-state index contributed by atoms with van der Waals surface area (Å²) >= 11 is 0. The Morgan fingerprint density at radius 1 is 0.308 bits per heavy atom. The van der Waals surface area contributed by atoms with Gasteiger partial charge in [-0.3, -0.25) is 4.98 Å². The van der Waals surface area contributed by atoms with Crippen molar-refractivity contribution in [3.05, 3.63) is 188 Å². The smallest absolute Gasteiger partial charge is 0.0979 e. The molecular formula is C49H31N3. The van der Waals surface area contributed by atoms with E-state index >= 15 is 0 Å². The van der Waals surface area contributed by atoms with Gasteiger partial charge in [0.25, 0.3) is 0 Å². The number of para-hydroxylation sites is 2. The summed E-state index contributed by atoms with van der Waals surface area (Å²) in [7, 11) is 0. The number of fused-ring (bicyclic) bond motifs is 5. The zero-order valence-electron chi connectivity index (χ0n) is 28.2. The second-order valence-corrected chi connectivity index (χ2v) is 13.2. The fourth-order valence-electron chi connectivity index (χ4n) is 7.61. The van der Waals surface area contributed by atoms with Crippen LogP contribution in [-0.4, -0.2) is 15.0 Å². The number of benzene rings is 8. The van der Waals surface area contributed by atoms with Crippen LogP contribution >= 0.6 is 0 Å². The van der Waals surface area contributed by atoms with E-state index in [0.717, 1.165) is 60.8 Å². The van der Waals surface area contributed by atoms with Crippen molar-refractivity contribution in [1.82, 2.24) is 15.0 Å². The van der Waals surface area contributed by atoms with Crippen molar-refractivity contribution >= 4 is 43.5 Å². The molecule has 0 N–H and O–H groups in total. The normalized spacial score (nSPS) is 11.5. The molecule has 0 saturated heterocycles. The van der Waals surface area contributed by atoms with Crippen LogP contribution in [0.15, 0.2) is 188 Å². The highest BCUT2D eigenvalue weighted by Crippen LogP contribution is 2.41. The van der Waals surface area contributed by atoms with Crippen molar-refractivity contribution in [2.75, 3.05) is 0 Å². The van der Waals surface area contributed by atoms with Gasteiger partial charge in [-0.1, -0.05) is 158 Å². The maximum Gasteiger partial charge on any atom is 0.0979 e. The van der Waals surface area contributed by atoms with Crippen molar-refractivity contribution < 1.29 is 0 Å².